The van der Waals surface area contributed by atoms with E-state index in [-0.39, 0.29) is 6.04 Å². The second-order valence-electron chi connectivity index (χ2n) is 18.6. The van der Waals surface area contributed by atoms with Crippen molar-refractivity contribution in [1.29, 1.82) is 0 Å². The monoisotopic (exact) mass is 891 g/mol. The summed E-state index contributed by atoms with van der Waals surface area (Å²) < 4.78 is 7.42. The fourth-order valence-corrected chi connectivity index (χ4v) is 12.1. The van der Waals surface area contributed by atoms with Crippen LogP contribution in [0.1, 0.15) is 0 Å². The van der Waals surface area contributed by atoms with Gasteiger partial charge < -0.3 is 14.0 Å². The molecule has 0 spiro atoms. The van der Waals surface area contributed by atoms with Crippen LogP contribution in [0.3, 0.4) is 0 Å². The molecule has 10 aromatic carbocycles. The molecule has 3 aliphatic rings. The van der Waals surface area contributed by atoms with Crippen molar-refractivity contribution in [2.75, 3.05) is 4.90 Å². The first-order valence-electron chi connectivity index (χ1n) is 24.2. The van der Waals surface area contributed by atoms with Crippen molar-refractivity contribution in [2.24, 2.45) is 0 Å². The third kappa shape index (κ3) is 5.56. The molecule has 0 radical (unpaired) electrons. The van der Waals surface area contributed by atoms with E-state index in [0.717, 1.165) is 34.1 Å². The van der Waals surface area contributed by atoms with E-state index in [0.29, 0.717) is 0 Å². The summed E-state index contributed by atoms with van der Waals surface area (Å²) in [7, 11) is 0. The van der Waals surface area contributed by atoms with Crippen molar-refractivity contribution in [2.45, 2.75) is 6.04 Å². The number of nitrogens with zero attached hydrogens (tertiary/aromatic N) is 4. The van der Waals surface area contributed by atoms with Gasteiger partial charge in [0.1, 0.15) is 11.7 Å². The standard InChI is InChI=1S/C66H43N4/c1-3-20-43(21-4-1)67-61-35-17-18-36-62(61)68(44-22-5-2-6-23-44)65-42-55-48-26-9-10-30-52(48)66-53(46-24-7-8-25-47(46)54(55)41-64(65)67)31-19-37-63(66)70-59-34-16-13-29-51(59)56-40-45(38-39-60(56)70)69-57-32-14-11-27-49(57)50-28-12-15-33-58(50)69/h1-42,62H/q+1. The Balaban J connectivity index is 1.01. The summed E-state index contributed by atoms with van der Waals surface area (Å²) in [6.45, 7) is 0. The minimum Gasteiger partial charge on any atom is -0.319 e. The minimum absolute atomic E-state index is 0.0210. The maximum atomic E-state index is 2.53. The number of hydrogen-bond acceptors (Lipinski definition) is 1. The zero-order chi connectivity index (χ0) is 45.9. The number of fused-ring (bicyclic) bond motifs is 16. The molecule has 1 atom stereocenters. The number of anilines is 2. The van der Waals surface area contributed by atoms with E-state index in [9.17, 15) is 0 Å². The molecule has 1 aliphatic heterocycles. The highest BCUT2D eigenvalue weighted by Gasteiger charge is 2.41. The van der Waals surface area contributed by atoms with E-state index in [4.69, 9.17) is 0 Å². The summed E-state index contributed by atoms with van der Waals surface area (Å²) in [6.07, 6.45) is 8.98. The largest absolute Gasteiger partial charge is 0.319 e. The van der Waals surface area contributed by atoms with Crippen LogP contribution in [-0.4, -0.2) is 20.9 Å². The second kappa shape index (κ2) is 15.1. The molecule has 4 heteroatoms. The highest BCUT2D eigenvalue weighted by molar-refractivity contribution is 6.16. The van der Waals surface area contributed by atoms with E-state index in [1.807, 2.05) is 0 Å². The Morgan fingerprint density at radius 1 is 0.343 bits per heavy atom. The Hall–Kier alpha value is -9.25. The van der Waals surface area contributed by atoms with E-state index < -0.39 is 0 Å². The normalized spacial score (nSPS) is 14.5. The van der Waals surface area contributed by atoms with Gasteiger partial charge >= 0.3 is 0 Å². The first-order valence-corrected chi connectivity index (χ1v) is 24.2. The van der Waals surface area contributed by atoms with Crippen LogP contribution in [0.2, 0.25) is 0 Å². The molecule has 2 aliphatic carbocycles. The topological polar surface area (TPSA) is 16.1 Å². The lowest BCUT2D eigenvalue weighted by Gasteiger charge is -2.37. The summed E-state index contributed by atoms with van der Waals surface area (Å²) in [5, 5.41) is 4.96. The fourth-order valence-electron chi connectivity index (χ4n) is 12.1. The second-order valence-corrected chi connectivity index (χ2v) is 18.6. The van der Waals surface area contributed by atoms with Gasteiger partial charge in [0.25, 0.3) is 0 Å². The maximum Gasteiger partial charge on any atom is 0.235 e. The summed E-state index contributed by atoms with van der Waals surface area (Å²) in [6, 6.07) is 85.3. The molecular formula is C66H43N4+. The molecule has 12 aromatic rings. The van der Waals surface area contributed by atoms with Gasteiger partial charge in [0, 0.05) is 62.8 Å². The molecule has 326 valence electrons. The van der Waals surface area contributed by atoms with E-state index in [1.165, 1.54) is 93.8 Å². The van der Waals surface area contributed by atoms with Crippen molar-refractivity contribution < 1.29 is 0 Å². The predicted molar refractivity (Wildman–Crippen MR) is 294 cm³/mol. The van der Waals surface area contributed by atoms with Crippen molar-refractivity contribution in [3.8, 4) is 55.9 Å². The van der Waals surface area contributed by atoms with Gasteiger partial charge in [0.15, 0.2) is 0 Å². The number of rotatable bonds is 4. The number of benzene rings is 10. The molecule has 0 bridgehead atoms. The van der Waals surface area contributed by atoms with Gasteiger partial charge in [-0.05, 0) is 99.6 Å². The number of aromatic nitrogens is 2. The Labute approximate surface area is 405 Å². The molecule has 0 fully saturated rings. The van der Waals surface area contributed by atoms with Crippen LogP contribution in [0.25, 0.3) is 99.5 Å². The van der Waals surface area contributed by atoms with Gasteiger partial charge in [-0.3, -0.25) is 0 Å². The van der Waals surface area contributed by atoms with E-state index in [1.54, 1.807) is 0 Å². The van der Waals surface area contributed by atoms with Crippen LogP contribution in [0.15, 0.2) is 255 Å². The van der Waals surface area contributed by atoms with Crippen LogP contribution in [0, 0.1) is 0 Å². The quantitative estimate of drug-likeness (QED) is 0.161. The SMILES string of the molecule is C1=CC2=[N+](c3ccccc3)c3cc4c(cc3N(c3ccccc3)C2C=C1)-c1ccccc1-c1c(cccc1-n1c2ccccc2c2cc(-n3c5ccccc5c5ccccc53)ccc21)-c1ccccc1-4. The first kappa shape index (κ1) is 38.8. The third-order valence-electron chi connectivity index (χ3n) is 14.9. The van der Waals surface area contributed by atoms with E-state index >= 15 is 0 Å². The number of hydrogen-bond donors (Lipinski definition) is 0. The maximum absolute atomic E-state index is 2.53. The van der Waals surface area contributed by atoms with Crippen LogP contribution >= 0.6 is 0 Å². The van der Waals surface area contributed by atoms with Gasteiger partial charge in [-0.1, -0.05) is 170 Å². The summed E-state index contributed by atoms with van der Waals surface area (Å²) >= 11 is 0. The molecule has 0 saturated carbocycles. The van der Waals surface area contributed by atoms with Gasteiger partial charge in [0.05, 0.1) is 27.8 Å². The Kier molecular flexibility index (Phi) is 8.39. The van der Waals surface area contributed by atoms with Gasteiger partial charge in [0.2, 0.25) is 17.1 Å². The zero-order valence-corrected chi connectivity index (χ0v) is 38.1. The van der Waals surface area contributed by atoms with Crippen LogP contribution in [-0.2, 0) is 0 Å². The van der Waals surface area contributed by atoms with Crippen LogP contribution < -0.4 is 9.48 Å². The molecular weight excluding hydrogens is 849 g/mol. The molecule has 1 unspecified atom stereocenters. The Bertz CT molecular complexity index is 4190. The molecule has 3 heterocycles. The van der Waals surface area contributed by atoms with Crippen LogP contribution in [0.4, 0.5) is 22.7 Å². The number of allylic oxidation sites excluding steroid dienone is 2. The van der Waals surface area contributed by atoms with Crippen molar-refractivity contribution in [3.63, 3.8) is 0 Å². The molecule has 15 rings (SSSR count). The highest BCUT2D eigenvalue weighted by atomic mass is 15.2. The van der Waals surface area contributed by atoms with Crippen molar-refractivity contribution in [1.82, 2.24) is 13.7 Å². The summed E-state index contributed by atoms with van der Waals surface area (Å²) in [4.78, 5) is 2.53. The van der Waals surface area contributed by atoms with Gasteiger partial charge in [-0.2, -0.15) is 4.58 Å². The van der Waals surface area contributed by atoms with Gasteiger partial charge in [-0.15, -0.1) is 0 Å². The van der Waals surface area contributed by atoms with E-state index in [2.05, 4.69) is 273 Å². The molecule has 70 heavy (non-hydrogen) atoms. The third-order valence-corrected chi connectivity index (χ3v) is 14.9. The number of para-hydroxylation sites is 5. The average molecular weight is 892 g/mol. The lowest BCUT2D eigenvalue weighted by molar-refractivity contribution is 0.897. The molecule has 0 saturated heterocycles. The minimum atomic E-state index is -0.0210. The Morgan fingerprint density at radius 3 is 1.60 bits per heavy atom. The summed E-state index contributed by atoms with van der Waals surface area (Å²) in [5.41, 5.74) is 22.5. The molecule has 0 N–H and O–H groups in total. The molecule has 0 amide bonds. The highest BCUT2D eigenvalue weighted by Crippen LogP contribution is 2.54. The van der Waals surface area contributed by atoms with Crippen molar-refractivity contribution in [3.05, 3.63) is 255 Å². The van der Waals surface area contributed by atoms with Gasteiger partial charge in [-0.25, -0.2) is 0 Å². The first-order chi connectivity index (χ1) is 34.8. The zero-order valence-electron chi connectivity index (χ0n) is 38.1. The Morgan fingerprint density at radius 2 is 0.886 bits per heavy atom. The fraction of sp³-hybridized carbons (Fsp3) is 0.0152. The van der Waals surface area contributed by atoms with Crippen LogP contribution in [0.5, 0.6) is 0 Å². The smallest absolute Gasteiger partial charge is 0.235 e. The lowest BCUT2D eigenvalue weighted by atomic mass is 9.79. The lowest BCUT2D eigenvalue weighted by Crippen LogP contribution is -2.44. The summed E-state index contributed by atoms with van der Waals surface area (Å²) in [5.74, 6) is 0. The predicted octanol–water partition coefficient (Wildman–Crippen LogP) is 16.8. The molecule has 2 aromatic heterocycles. The van der Waals surface area contributed by atoms with Crippen molar-refractivity contribution >= 4 is 72.1 Å². The molecule has 4 nitrogen and oxygen atoms in total. The average Bonchev–Trinajstić information content (AvgIpc) is 3.94.